The Kier molecular flexibility index (Phi) is 6.98. The average molecular weight is 325 g/mol. The number of pyridine rings is 1. The van der Waals surface area contributed by atoms with Crippen molar-refractivity contribution in [2.24, 2.45) is 5.92 Å². The van der Waals surface area contributed by atoms with Crippen LogP contribution in [-0.4, -0.2) is 17.6 Å². The molecule has 1 aromatic carbocycles. The molecule has 0 aliphatic carbocycles. The van der Waals surface area contributed by atoms with Crippen LogP contribution in [0, 0.1) is 5.92 Å². The number of benzene rings is 1. The lowest BCUT2D eigenvalue weighted by Gasteiger charge is -2.13. The van der Waals surface area contributed by atoms with Gasteiger partial charge in [-0.05, 0) is 60.9 Å². The Morgan fingerprint density at radius 2 is 1.67 bits per heavy atom. The summed E-state index contributed by atoms with van der Waals surface area (Å²) in [5.74, 6) is 0.263. The number of hydrogen-bond donors (Lipinski definition) is 0. The summed E-state index contributed by atoms with van der Waals surface area (Å²) in [6.07, 6.45) is 6.36. The Hall–Kier alpha value is -2.16. The monoisotopic (exact) mass is 325 g/mol. The van der Waals surface area contributed by atoms with Crippen LogP contribution in [0.25, 0.3) is 0 Å². The molecule has 128 valence electrons. The Bertz CT molecular complexity index is 620. The Balaban J connectivity index is 1.77. The molecule has 0 bridgehead atoms. The minimum Gasteiger partial charge on any atom is -0.465 e. The fraction of sp³-hybridized carbons (Fsp3) is 0.429. The van der Waals surface area contributed by atoms with Gasteiger partial charge in [0.15, 0.2) is 0 Å². The van der Waals surface area contributed by atoms with Crippen LogP contribution in [-0.2, 0) is 22.4 Å². The number of esters is 1. The lowest BCUT2D eigenvalue weighted by molar-refractivity contribution is -0.145. The molecule has 3 heteroatoms. The SMILES string of the molecule is CC(C)Cc1ccc(C(C)C(=O)OCCCc2ccncc2)cc1. The van der Waals surface area contributed by atoms with E-state index in [1.165, 1.54) is 11.1 Å². The van der Waals surface area contributed by atoms with Crippen molar-refractivity contribution in [1.29, 1.82) is 0 Å². The van der Waals surface area contributed by atoms with Crippen LogP contribution < -0.4 is 0 Å². The zero-order valence-corrected chi connectivity index (χ0v) is 14.9. The lowest BCUT2D eigenvalue weighted by atomic mass is 9.97. The molecule has 2 aromatic rings. The van der Waals surface area contributed by atoms with Gasteiger partial charge in [-0.2, -0.15) is 0 Å². The maximum atomic E-state index is 12.2. The van der Waals surface area contributed by atoms with Crippen LogP contribution in [0.1, 0.15) is 49.8 Å². The molecule has 3 nitrogen and oxygen atoms in total. The topological polar surface area (TPSA) is 39.2 Å². The van der Waals surface area contributed by atoms with Crippen LogP contribution in [0.4, 0.5) is 0 Å². The molecule has 0 spiro atoms. The highest BCUT2D eigenvalue weighted by atomic mass is 16.5. The number of ether oxygens (including phenoxy) is 1. The summed E-state index contributed by atoms with van der Waals surface area (Å²) in [4.78, 5) is 16.2. The van der Waals surface area contributed by atoms with Crippen LogP contribution in [0.15, 0.2) is 48.8 Å². The van der Waals surface area contributed by atoms with E-state index in [-0.39, 0.29) is 11.9 Å². The van der Waals surface area contributed by atoms with E-state index in [0.29, 0.717) is 12.5 Å². The highest BCUT2D eigenvalue weighted by molar-refractivity contribution is 5.77. The summed E-state index contributed by atoms with van der Waals surface area (Å²) < 4.78 is 5.42. The van der Waals surface area contributed by atoms with Crippen molar-refractivity contribution in [3.63, 3.8) is 0 Å². The molecular weight excluding hydrogens is 298 g/mol. The van der Waals surface area contributed by atoms with Gasteiger partial charge in [0.2, 0.25) is 0 Å². The second kappa shape index (κ2) is 9.21. The number of aromatic nitrogens is 1. The van der Waals surface area contributed by atoms with Crippen molar-refractivity contribution in [3.05, 3.63) is 65.5 Å². The molecule has 1 atom stereocenters. The van der Waals surface area contributed by atoms with Gasteiger partial charge in [0.1, 0.15) is 0 Å². The lowest BCUT2D eigenvalue weighted by Crippen LogP contribution is -2.14. The first-order valence-electron chi connectivity index (χ1n) is 8.70. The number of hydrogen-bond acceptors (Lipinski definition) is 3. The second-order valence-corrected chi connectivity index (χ2v) is 6.69. The fourth-order valence-electron chi connectivity index (χ4n) is 2.67. The van der Waals surface area contributed by atoms with E-state index < -0.39 is 0 Å². The molecule has 0 radical (unpaired) electrons. The van der Waals surface area contributed by atoms with Crippen molar-refractivity contribution in [2.45, 2.75) is 46.0 Å². The van der Waals surface area contributed by atoms with Gasteiger partial charge in [-0.25, -0.2) is 0 Å². The molecule has 1 aromatic heterocycles. The normalized spacial score (nSPS) is 12.2. The molecule has 0 N–H and O–H groups in total. The van der Waals surface area contributed by atoms with Gasteiger partial charge in [0.05, 0.1) is 12.5 Å². The average Bonchev–Trinajstić information content (AvgIpc) is 2.59. The standard InChI is InChI=1S/C21H27NO2/c1-16(2)15-19-6-8-20(9-7-19)17(3)21(23)24-14-4-5-18-10-12-22-13-11-18/h6-13,16-17H,4-5,14-15H2,1-3H3. The molecule has 0 fully saturated rings. The van der Waals surface area contributed by atoms with Crippen molar-refractivity contribution in [3.8, 4) is 0 Å². The first-order valence-corrected chi connectivity index (χ1v) is 8.70. The number of carbonyl (C=O) groups excluding carboxylic acids is 1. The van der Waals surface area contributed by atoms with E-state index in [1.807, 2.05) is 31.2 Å². The first kappa shape index (κ1) is 18.2. The molecule has 0 aliphatic rings. The van der Waals surface area contributed by atoms with E-state index in [2.05, 4.69) is 31.0 Å². The number of nitrogens with zero attached hydrogens (tertiary/aromatic N) is 1. The molecule has 0 amide bonds. The smallest absolute Gasteiger partial charge is 0.313 e. The Labute approximate surface area is 145 Å². The van der Waals surface area contributed by atoms with Crippen molar-refractivity contribution < 1.29 is 9.53 Å². The van der Waals surface area contributed by atoms with E-state index in [9.17, 15) is 4.79 Å². The van der Waals surface area contributed by atoms with Crippen molar-refractivity contribution in [2.75, 3.05) is 6.61 Å². The summed E-state index contributed by atoms with van der Waals surface area (Å²) >= 11 is 0. The van der Waals surface area contributed by atoms with Gasteiger partial charge in [-0.3, -0.25) is 9.78 Å². The molecule has 0 saturated carbocycles. The zero-order valence-electron chi connectivity index (χ0n) is 14.9. The minimum atomic E-state index is -0.223. The summed E-state index contributed by atoms with van der Waals surface area (Å²) in [7, 11) is 0. The van der Waals surface area contributed by atoms with Crippen molar-refractivity contribution >= 4 is 5.97 Å². The highest BCUT2D eigenvalue weighted by Gasteiger charge is 2.16. The Morgan fingerprint density at radius 1 is 1.00 bits per heavy atom. The largest absolute Gasteiger partial charge is 0.465 e. The Morgan fingerprint density at radius 3 is 2.29 bits per heavy atom. The van der Waals surface area contributed by atoms with Gasteiger partial charge in [-0.1, -0.05) is 38.1 Å². The highest BCUT2D eigenvalue weighted by Crippen LogP contribution is 2.19. The molecule has 1 heterocycles. The summed E-state index contributed by atoms with van der Waals surface area (Å²) in [5.41, 5.74) is 3.54. The molecule has 24 heavy (non-hydrogen) atoms. The second-order valence-electron chi connectivity index (χ2n) is 6.69. The van der Waals surface area contributed by atoms with Gasteiger partial charge in [-0.15, -0.1) is 0 Å². The van der Waals surface area contributed by atoms with Gasteiger partial charge < -0.3 is 4.74 Å². The van der Waals surface area contributed by atoms with E-state index in [0.717, 1.165) is 24.8 Å². The third kappa shape index (κ3) is 5.80. The van der Waals surface area contributed by atoms with E-state index in [1.54, 1.807) is 12.4 Å². The minimum absolute atomic E-state index is 0.152. The predicted octanol–water partition coefficient (Wildman–Crippen LogP) is 4.56. The van der Waals surface area contributed by atoms with Gasteiger partial charge >= 0.3 is 5.97 Å². The molecule has 1 unspecified atom stereocenters. The number of carbonyl (C=O) groups is 1. The maximum absolute atomic E-state index is 12.2. The summed E-state index contributed by atoms with van der Waals surface area (Å²) in [6, 6.07) is 12.3. The predicted molar refractivity (Wildman–Crippen MR) is 96.9 cm³/mol. The summed E-state index contributed by atoms with van der Waals surface area (Å²) in [5, 5.41) is 0. The molecule has 0 aliphatic heterocycles. The third-order valence-corrected chi connectivity index (χ3v) is 4.08. The quantitative estimate of drug-likeness (QED) is 0.527. The van der Waals surface area contributed by atoms with Crippen LogP contribution in [0.5, 0.6) is 0 Å². The van der Waals surface area contributed by atoms with Crippen molar-refractivity contribution in [1.82, 2.24) is 4.98 Å². The van der Waals surface area contributed by atoms with Crippen LogP contribution in [0.2, 0.25) is 0 Å². The van der Waals surface area contributed by atoms with E-state index in [4.69, 9.17) is 4.74 Å². The van der Waals surface area contributed by atoms with Gasteiger partial charge in [0.25, 0.3) is 0 Å². The molecular formula is C21H27NO2. The number of rotatable bonds is 8. The maximum Gasteiger partial charge on any atom is 0.313 e. The summed E-state index contributed by atoms with van der Waals surface area (Å²) in [6.45, 7) is 6.78. The molecule has 2 rings (SSSR count). The van der Waals surface area contributed by atoms with Crippen LogP contribution in [0.3, 0.4) is 0 Å². The van der Waals surface area contributed by atoms with E-state index >= 15 is 0 Å². The third-order valence-electron chi connectivity index (χ3n) is 4.08. The van der Waals surface area contributed by atoms with Gasteiger partial charge in [0, 0.05) is 12.4 Å². The zero-order chi connectivity index (χ0) is 17.4. The number of aryl methyl sites for hydroxylation is 1. The van der Waals surface area contributed by atoms with Crippen LogP contribution >= 0.6 is 0 Å². The fourth-order valence-corrected chi connectivity index (χ4v) is 2.67. The molecule has 0 saturated heterocycles. The first-order chi connectivity index (χ1) is 11.6.